The van der Waals surface area contributed by atoms with Crippen molar-refractivity contribution in [2.75, 3.05) is 0 Å². The van der Waals surface area contributed by atoms with E-state index in [1.807, 2.05) is 12.1 Å². The van der Waals surface area contributed by atoms with Crippen molar-refractivity contribution in [3.05, 3.63) is 24.0 Å². The van der Waals surface area contributed by atoms with Gasteiger partial charge in [-0.05, 0) is 37.0 Å². The van der Waals surface area contributed by atoms with Gasteiger partial charge in [0.25, 0.3) is 0 Å². The quantitative estimate of drug-likeness (QED) is 0.552. The molecule has 5 heteroatoms. The third-order valence-corrected chi connectivity index (χ3v) is 7.04. The van der Waals surface area contributed by atoms with Gasteiger partial charge >= 0.3 is 0 Å². The monoisotopic (exact) mass is 356 g/mol. The lowest BCUT2D eigenvalue weighted by Crippen LogP contribution is -2.39. The van der Waals surface area contributed by atoms with E-state index in [1.165, 1.54) is 5.19 Å². The average Bonchev–Trinajstić information content (AvgIpc) is 2.02. The summed E-state index contributed by atoms with van der Waals surface area (Å²) in [5, 5.41) is 1.33. The lowest BCUT2D eigenvalue weighted by molar-refractivity contribution is 0.637. The number of hydrogen-bond donors (Lipinski definition) is 0. The van der Waals surface area contributed by atoms with Crippen LogP contribution in [0.5, 0.6) is 0 Å². The van der Waals surface area contributed by atoms with Crippen LogP contribution >= 0.6 is 36.3 Å². The molecular weight excluding hydrogens is 346 g/mol. The van der Waals surface area contributed by atoms with E-state index in [9.17, 15) is 4.39 Å². The van der Waals surface area contributed by atoms with E-state index in [4.69, 9.17) is 0 Å². The molecule has 0 unspecified atom stereocenters. The number of halogens is 3. The molecule has 0 saturated heterocycles. The zero-order valence-electron chi connectivity index (χ0n) is 8.31. The van der Waals surface area contributed by atoms with Crippen LogP contribution in [0.4, 0.5) is 4.39 Å². The Morgan fingerprint density at radius 1 is 1.21 bits per heavy atom. The Hall–Kier alpha value is 0.757. The van der Waals surface area contributed by atoms with E-state index in [2.05, 4.69) is 50.6 Å². The third-order valence-electron chi connectivity index (χ3n) is 1.99. The van der Waals surface area contributed by atoms with Crippen molar-refractivity contribution in [3.63, 3.8) is 0 Å². The van der Waals surface area contributed by atoms with Gasteiger partial charge in [0.2, 0.25) is 0 Å². The van der Waals surface area contributed by atoms with Gasteiger partial charge in [0.1, 0.15) is 5.82 Å². The molecule has 0 atom stereocenters. The first kappa shape index (κ1) is 12.8. The third kappa shape index (κ3) is 3.12. The molecule has 1 rings (SSSR count). The van der Waals surface area contributed by atoms with Crippen LogP contribution in [0, 0.1) is 5.82 Å². The highest BCUT2D eigenvalue weighted by molar-refractivity contribution is 9.70. The fourth-order valence-electron chi connectivity index (χ4n) is 1.11. The Balaban J connectivity index is 3.20. The molecule has 1 aromatic carbocycles. The molecule has 0 radical (unpaired) electrons. The van der Waals surface area contributed by atoms with Crippen molar-refractivity contribution in [1.82, 2.24) is 0 Å². The fourth-order valence-corrected chi connectivity index (χ4v) is 4.49. The second-order valence-electron chi connectivity index (χ2n) is 4.15. The average molecular weight is 358 g/mol. The summed E-state index contributed by atoms with van der Waals surface area (Å²) in [4.78, 5) is 0. The summed E-state index contributed by atoms with van der Waals surface area (Å²) in [6, 6.07) is 5.46. The van der Waals surface area contributed by atoms with E-state index < -0.39 is 13.4 Å². The van der Waals surface area contributed by atoms with Crippen molar-refractivity contribution >= 4 is 54.9 Å². The predicted molar refractivity (Wildman–Crippen MR) is 73.8 cm³/mol. The summed E-state index contributed by atoms with van der Waals surface area (Å²) < 4.78 is 13.4. The Labute approximate surface area is 103 Å². The lowest BCUT2D eigenvalue weighted by atomic mass is 10.3. The standard InChI is InChI=1S/C9H12Br2FPSi/c1-14(2,3)7-4-5-8(12)9(6-7)13(10)11/h4-6H,1-3H3. The van der Waals surface area contributed by atoms with Gasteiger partial charge in [0.15, 0.2) is 0 Å². The van der Waals surface area contributed by atoms with Crippen LogP contribution in [0.15, 0.2) is 18.2 Å². The molecule has 0 saturated carbocycles. The Bertz CT molecular complexity index is 336. The highest BCUT2D eigenvalue weighted by atomic mass is 79.9. The summed E-state index contributed by atoms with van der Waals surface area (Å²) in [6.45, 7) is 6.78. The van der Waals surface area contributed by atoms with E-state index in [-0.39, 0.29) is 5.82 Å². The maximum Gasteiger partial charge on any atom is 0.132 e. The topological polar surface area (TPSA) is 0 Å². The van der Waals surface area contributed by atoms with Gasteiger partial charge in [-0.1, -0.05) is 37.0 Å². The van der Waals surface area contributed by atoms with Gasteiger partial charge in [-0.2, -0.15) is 0 Å². The first-order valence-electron chi connectivity index (χ1n) is 4.24. The number of benzene rings is 1. The van der Waals surface area contributed by atoms with Crippen LogP contribution in [0.2, 0.25) is 19.6 Å². The van der Waals surface area contributed by atoms with Crippen LogP contribution in [0.1, 0.15) is 0 Å². The van der Waals surface area contributed by atoms with Crippen LogP contribution < -0.4 is 10.5 Å². The first-order valence-corrected chi connectivity index (χ1v) is 13.1. The molecule has 0 aliphatic heterocycles. The molecule has 0 aliphatic carbocycles. The molecule has 78 valence electrons. The van der Waals surface area contributed by atoms with Crippen molar-refractivity contribution in [2.24, 2.45) is 0 Å². The molecule has 0 aromatic heterocycles. The molecule has 0 heterocycles. The second-order valence-corrected chi connectivity index (χ2v) is 17.3. The first-order chi connectivity index (χ1) is 6.32. The van der Waals surface area contributed by atoms with Gasteiger partial charge in [-0.15, -0.1) is 0 Å². The predicted octanol–water partition coefficient (Wildman–Crippen LogP) is 4.10. The SMILES string of the molecule is C[Si](C)(C)c1ccc(F)c(P(Br)Br)c1. The molecule has 1 aromatic rings. The second kappa shape index (κ2) is 4.73. The van der Waals surface area contributed by atoms with Gasteiger partial charge in [-0.25, -0.2) is 4.39 Å². The zero-order chi connectivity index (χ0) is 10.9. The lowest BCUT2D eigenvalue weighted by Gasteiger charge is -2.18. The van der Waals surface area contributed by atoms with E-state index in [0.717, 1.165) is 5.30 Å². The van der Waals surface area contributed by atoms with E-state index in [0.29, 0.717) is 0 Å². The Morgan fingerprint density at radius 2 is 1.79 bits per heavy atom. The highest BCUT2D eigenvalue weighted by Gasteiger charge is 2.19. The normalized spacial score (nSPS) is 12.2. The number of hydrogen-bond acceptors (Lipinski definition) is 0. The van der Waals surface area contributed by atoms with Gasteiger partial charge in [0, 0.05) is 5.30 Å². The smallest absolute Gasteiger partial charge is 0.132 e. The summed E-state index contributed by atoms with van der Waals surface area (Å²) in [6.07, 6.45) is 0. The summed E-state index contributed by atoms with van der Waals surface area (Å²) >= 11 is 6.78. The maximum absolute atomic E-state index is 13.4. The fraction of sp³-hybridized carbons (Fsp3) is 0.333. The summed E-state index contributed by atoms with van der Waals surface area (Å²) in [5.74, 6) is -0.133. The van der Waals surface area contributed by atoms with E-state index in [1.54, 1.807) is 6.07 Å². The van der Waals surface area contributed by atoms with Crippen molar-refractivity contribution < 1.29 is 4.39 Å². The largest absolute Gasteiger partial charge is 0.206 e. The zero-order valence-corrected chi connectivity index (χ0v) is 13.4. The van der Waals surface area contributed by atoms with Crippen LogP contribution in [-0.4, -0.2) is 8.07 Å². The molecule has 0 fully saturated rings. The Morgan fingerprint density at radius 3 is 2.21 bits per heavy atom. The number of rotatable bonds is 2. The van der Waals surface area contributed by atoms with Gasteiger partial charge in [0.05, 0.1) is 13.4 Å². The molecule has 0 spiro atoms. The van der Waals surface area contributed by atoms with Crippen molar-refractivity contribution in [3.8, 4) is 0 Å². The van der Waals surface area contributed by atoms with Gasteiger partial charge < -0.3 is 0 Å². The van der Waals surface area contributed by atoms with Crippen molar-refractivity contribution in [2.45, 2.75) is 19.6 Å². The minimum absolute atomic E-state index is 0.133. The molecule has 0 aliphatic rings. The highest BCUT2D eigenvalue weighted by Crippen LogP contribution is 2.51. The molecule has 0 amide bonds. The molecule has 0 bridgehead atoms. The summed E-state index contributed by atoms with van der Waals surface area (Å²) in [5.41, 5.74) is 0. The van der Waals surface area contributed by atoms with Crippen LogP contribution in [0.3, 0.4) is 0 Å². The molecule has 0 nitrogen and oxygen atoms in total. The van der Waals surface area contributed by atoms with Crippen LogP contribution in [0.25, 0.3) is 0 Å². The van der Waals surface area contributed by atoms with Gasteiger partial charge in [-0.3, -0.25) is 0 Å². The van der Waals surface area contributed by atoms with E-state index >= 15 is 0 Å². The Kier molecular flexibility index (Phi) is 4.33. The summed E-state index contributed by atoms with van der Waals surface area (Å²) in [7, 11) is -1.33. The minimum Gasteiger partial charge on any atom is -0.206 e. The van der Waals surface area contributed by atoms with Crippen molar-refractivity contribution in [1.29, 1.82) is 0 Å². The molecular formula is C9H12Br2FPSi. The van der Waals surface area contributed by atoms with Crippen LogP contribution in [-0.2, 0) is 0 Å². The maximum atomic E-state index is 13.4. The molecule has 14 heavy (non-hydrogen) atoms. The molecule has 0 N–H and O–H groups in total. The minimum atomic E-state index is -1.33.